The second kappa shape index (κ2) is 5.76. The Morgan fingerprint density at radius 3 is 3.24 bits per heavy atom. The van der Waals surface area contributed by atoms with Crippen LogP contribution in [0.25, 0.3) is 0 Å². The highest BCUT2D eigenvalue weighted by Gasteiger charge is 2.17. The van der Waals surface area contributed by atoms with Crippen molar-refractivity contribution in [1.82, 2.24) is 9.88 Å². The lowest BCUT2D eigenvalue weighted by Gasteiger charge is -2.20. The molecule has 2 heterocycles. The summed E-state index contributed by atoms with van der Waals surface area (Å²) < 4.78 is 5.60. The van der Waals surface area contributed by atoms with E-state index >= 15 is 0 Å². The van der Waals surface area contributed by atoms with E-state index in [2.05, 4.69) is 23.0 Å². The molecule has 1 unspecified atom stereocenters. The minimum Gasteiger partial charge on any atom is -0.377 e. The molecule has 0 aliphatic carbocycles. The average molecular weight is 231 g/mol. The lowest BCUT2D eigenvalue weighted by molar-refractivity contribution is 0.0793. The van der Waals surface area contributed by atoms with Crippen molar-refractivity contribution in [2.24, 2.45) is 0 Å². The number of nitrogens with zero attached hydrogens (tertiary/aromatic N) is 3. The molecule has 1 fully saturated rings. The standard InChI is InChI=1S/C13H17N3O/c1-16(10-13-3-2-6-17-13)9-11-4-5-15-12(7-11)8-14/h4-5,7,13H,2-3,6,9-10H2,1H3. The second-order valence-corrected chi connectivity index (χ2v) is 4.49. The number of rotatable bonds is 4. The number of hydrogen-bond acceptors (Lipinski definition) is 4. The van der Waals surface area contributed by atoms with Gasteiger partial charge in [0.1, 0.15) is 11.8 Å². The number of ether oxygens (including phenoxy) is 1. The molecule has 0 aromatic carbocycles. The first-order chi connectivity index (χ1) is 8.28. The van der Waals surface area contributed by atoms with E-state index in [1.54, 1.807) is 6.20 Å². The van der Waals surface area contributed by atoms with Crippen molar-refractivity contribution in [2.75, 3.05) is 20.2 Å². The summed E-state index contributed by atoms with van der Waals surface area (Å²) in [5, 5.41) is 8.78. The molecular formula is C13H17N3O. The number of nitriles is 1. The summed E-state index contributed by atoms with van der Waals surface area (Å²) in [4.78, 5) is 6.19. The summed E-state index contributed by atoms with van der Waals surface area (Å²) in [7, 11) is 2.08. The van der Waals surface area contributed by atoms with E-state index in [1.165, 1.54) is 6.42 Å². The van der Waals surface area contributed by atoms with E-state index in [4.69, 9.17) is 10.00 Å². The van der Waals surface area contributed by atoms with Crippen molar-refractivity contribution in [1.29, 1.82) is 5.26 Å². The number of likely N-dealkylation sites (N-methyl/N-ethyl adjacent to an activating group) is 1. The molecule has 90 valence electrons. The van der Waals surface area contributed by atoms with Crippen molar-refractivity contribution in [3.8, 4) is 6.07 Å². The summed E-state index contributed by atoms with van der Waals surface area (Å²) in [5.74, 6) is 0. The molecule has 0 bridgehead atoms. The molecule has 0 amide bonds. The highest BCUT2D eigenvalue weighted by molar-refractivity contribution is 5.25. The fourth-order valence-electron chi connectivity index (χ4n) is 2.15. The Labute approximate surface area is 102 Å². The van der Waals surface area contributed by atoms with E-state index in [0.29, 0.717) is 11.8 Å². The van der Waals surface area contributed by atoms with Crippen molar-refractivity contribution in [2.45, 2.75) is 25.5 Å². The molecule has 1 aromatic heterocycles. The summed E-state index contributed by atoms with van der Waals surface area (Å²) in [6.45, 7) is 2.67. The molecule has 4 nitrogen and oxygen atoms in total. The molecule has 1 aromatic rings. The normalized spacial score (nSPS) is 19.5. The zero-order valence-corrected chi connectivity index (χ0v) is 10.1. The van der Waals surface area contributed by atoms with Crippen LogP contribution in [0.1, 0.15) is 24.1 Å². The third-order valence-corrected chi connectivity index (χ3v) is 2.93. The van der Waals surface area contributed by atoms with E-state index < -0.39 is 0 Å². The van der Waals surface area contributed by atoms with Crippen LogP contribution in [0.2, 0.25) is 0 Å². The Balaban J connectivity index is 1.88. The minimum absolute atomic E-state index is 0.372. The summed E-state index contributed by atoms with van der Waals surface area (Å²) in [6, 6.07) is 5.85. The maximum atomic E-state index is 8.78. The molecular weight excluding hydrogens is 214 g/mol. The molecule has 17 heavy (non-hydrogen) atoms. The van der Waals surface area contributed by atoms with Crippen molar-refractivity contribution in [3.05, 3.63) is 29.6 Å². The fourth-order valence-corrected chi connectivity index (χ4v) is 2.15. The van der Waals surface area contributed by atoms with E-state index in [9.17, 15) is 0 Å². The van der Waals surface area contributed by atoms with Gasteiger partial charge in [0.05, 0.1) is 6.10 Å². The molecule has 0 saturated carbocycles. The minimum atomic E-state index is 0.372. The van der Waals surface area contributed by atoms with Crippen LogP contribution >= 0.6 is 0 Å². The van der Waals surface area contributed by atoms with Crippen LogP contribution in [0.15, 0.2) is 18.3 Å². The predicted octanol–water partition coefficient (Wildman–Crippen LogP) is 1.56. The Morgan fingerprint density at radius 1 is 1.65 bits per heavy atom. The second-order valence-electron chi connectivity index (χ2n) is 4.49. The van der Waals surface area contributed by atoms with Gasteiger partial charge < -0.3 is 4.74 Å². The Kier molecular flexibility index (Phi) is 4.08. The molecule has 0 N–H and O–H groups in total. The fraction of sp³-hybridized carbons (Fsp3) is 0.538. The third-order valence-electron chi connectivity index (χ3n) is 2.93. The van der Waals surface area contributed by atoms with Crippen molar-refractivity contribution >= 4 is 0 Å². The lowest BCUT2D eigenvalue weighted by Crippen LogP contribution is -2.28. The van der Waals surface area contributed by atoms with Crippen LogP contribution in [-0.4, -0.2) is 36.2 Å². The van der Waals surface area contributed by atoms with Crippen LogP contribution in [-0.2, 0) is 11.3 Å². The predicted molar refractivity (Wildman–Crippen MR) is 64.3 cm³/mol. The van der Waals surface area contributed by atoms with Gasteiger partial charge in [-0.3, -0.25) is 4.90 Å². The Bertz CT molecular complexity index is 407. The zero-order chi connectivity index (χ0) is 12.1. The van der Waals surface area contributed by atoms with Crippen LogP contribution in [0, 0.1) is 11.3 Å². The smallest absolute Gasteiger partial charge is 0.140 e. The number of aromatic nitrogens is 1. The van der Waals surface area contributed by atoms with Gasteiger partial charge in [0.25, 0.3) is 0 Å². The quantitative estimate of drug-likeness (QED) is 0.789. The first-order valence-electron chi connectivity index (χ1n) is 5.93. The average Bonchev–Trinajstić information content (AvgIpc) is 2.82. The van der Waals surface area contributed by atoms with E-state index in [-0.39, 0.29) is 0 Å². The van der Waals surface area contributed by atoms with Gasteiger partial charge in [-0.2, -0.15) is 5.26 Å². The number of pyridine rings is 1. The largest absolute Gasteiger partial charge is 0.377 e. The highest BCUT2D eigenvalue weighted by atomic mass is 16.5. The van der Waals surface area contributed by atoms with Gasteiger partial charge in [-0.25, -0.2) is 4.98 Å². The highest BCUT2D eigenvalue weighted by Crippen LogP contribution is 2.14. The molecule has 1 aliphatic heterocycles. The van der Waals surface area contributed by atoms with Crippen LogP contribution in [0.5, 0.6) is 0 Å². The van der Waals surface area contributed by atoms with E-state index in [1.807, 2.05) is 12.1 Å². The molecule has 1 atom stereocenters. The topological polar surface area (TPSA) is 49.2 Å². The maximum absolute atomic E-state index is 8.78. The van der Waals surface area contributed by atoms with Crippen LogP contribution < -0.4 is 0 Å². The number of hydrogen-bond donors (Lipinski definition) is 0. The Morgan fingerprint density at radius 2 is 2.53 bits per heavy atom. The van der Waals surface area contributed by atoms with Gasteiger partial charge in [-0.1, -0.05) is 0 Å². The van der Waals surface area contributed by atoms with Crippen LogP contribution in [0.4, 0.5) is 0 Å². The summed E-state index contributed by atoms with van der Waals surface area (Å²) >= 11 is 0. The zero-order valence-electron chi connectivity index (χ0n) is 10.1. The molecule has 1 aliphatic rings. The first-order valence-corrected chi connectivity index (χ1v) is 5.93. The molecule has 0 spiro atoms. The summed E-state index contributed by atoms with van der Waals surface area (Å²) in [6.07, 6.45) is 4.39. The third kappa shape index (κ3) is 3.52. The van der Waals surface area contributed by atoms with Crippen molar-refractivity contribution in [3.63, 3.8) is 0 Å². The van der Waals surface area contributed by atoms with E-state index in [0.717, 1.165) is 31.7 Å². The summed E-state index contributed by atoms with van der Waals surface area (Å²) in [5.41, 5.74) is 1.60. The van der Waals surface area contributed by atoms with Crippen molar-refractivity contribution < 1.29 is 4.74 Å². The first kappa shape index (κ1) is 12.0. The van der Waals surface area contributed by atoms with Gasteiger partial charge in [-0.15, -0.1) is 0 Å². The van der Waals surface area contributed by atoms with Gasteiger partial charge in [-0.05, 0) is 37.6 Å². The van der Waals surface area contributed by atoms with Gasteiger partial charge in [0, 0.05) is 25.9 Å². The Hall–Kier alpha value is -1.44. The van der Waals surface area contributed by atoms with Crippen LogP contribution in [0.3, 0.4) is 0 Å². The lowest BCUT2D eigenvalue weighted by atomic mass is 10.2. The maximum Gasteiger partial charge on any atom is 0.140 e. The van der Waals surface area contributed by atoms with Gasteiger partial charge >= 0.3 is 0 Å². The molecule has 1 saturated heterocycles. The monoisotopic (exact) mass is 231 g/mol. The van der Waals surface area contributed by atoms with Gasteiger partial charge in [0.2, 0.25) is 0 Å². The molecule has 0 radical (unpaired) electrons. The van der Waals surface area contributed by atoms with Gasteiger partial charge in [0.15, 0.2) is 0 Å². The molecule has 2 rings (SSSR count). The molecule has 4 heteroatoms. The SMILES string of the molecule is CN(Cc1ccnc(C#N)c1)CC1CCCO1.